The molecule has 0 saturated heterocycles. The first-order chi connectivity index (χ1) is 16.5. The molecule has 1 fully saturated rings. The molecular weight excluding hydrogens is 422 g/mol. The minimum absolute atomic E-state index is 0.0454. The Kier molecular flexibility index (Phi) is 7.80. The second-order valence-electron chi connectivity index (χ2n) is 9.29. The van der Waals surface area contributed by atoms with E-state index in [-0.39, 0.29) is 11.9 Å². The fourth-order valence-electron chi connectivity index (χ4n) is 4.94. The van der Waals surface area contributed by atoms with Crippen LogP contribution in [0.25, 0.3) is 10.8 Å². The van der Waals surface area contributed by atoms with Crippen molar-refractivity contribution in [3.05, 3.63) is 78.4 Å². The third kappa shape index (κ3) is 5.75. The predicted molar refractivity (Wildman–Crippen MR) is 141 cm³/mol. The molecular formula is C28H35N5O. The number of aliphatic imine (C=N–C) groups is 1. The SMILES string of the molecule is CN(C(=O)C(NCC1CCC(CN=C(N)N)CC1)c1cccc2ccccc12)c1ccccc1. The molecule has 1 atom stereocenters. The lowest BCUT2D eigenvalue weighted by molar-refractivity contribution is -0.120. The number of nitrogens with one attached hydrogen (secondary N) is 1. The van der Waals surface area contributed by atoms with Crippen LogP contribution in [0.2, 0.25) is 0 Å². The van der Waals surface area contributed by atoms with Gasteiger partial charge in [-0.2, -0.15) is 0 Å². The summed E-state index contributed by atoms with van der Waals surface area (Å²) in [4.78, 5) is 19.7. The zero-order valence-electron chi connectivity index (χ0n) is 19.9. The normalized spacial score (nSPS) is 18.9. The maximum Gasteiger partial charge on any atom is 0.248 e. The maximum absolute atomic E-state index is 13.8. The molecule has 0 aliphatic heterocycles. The van der Waals surface area contributed by atoms with E-state index in [1.165, 1.54) is 0 Å². The second-order valence-corrected chi connectivity index (χ2v) is 9.29. The van der Waals surface area contributed by atoms with Gasteiger partial charge in [-0.15, -0.1) is 0 Å². The molecule has 1 saturated carbocycles. The van der Waals surface area contributed by atoms with Crippen LogP contribution >= 0.6 is 0 Å². The van der Waals surface area contributed by atoms with Crippen LogP contribution < -0.4 is 21.7 Å². The van der Waals surface area contributed by atoms with Gasteiger partial charge in [-0.25, -0.2) is 0 Å². The zero-order valence-corrected chi connectivity index (χ0v) is 19.9. The van der Waals surface area contributed by atoms with Crippen LogP contribution in [0.3, 0.4) is 0 Å². The molecule has 0 bridgehead atoms. The number of likely N-dealkylation sites (N-methyl/N-ethyl adjacent to an activating group) is 1. The van der Waals surface area contributed by atoms with Gasteiger partial charge in [0.15, 0.2) is 5.96 Å². The molecule has 1 amide bonds. The first kappa shape index (κ1) is 23.8. The lowest BCUT2D eigenvalue weighted by Gasteiger charge is -2.31. The number of hydrogen-bond donors (Lipinski definition) is 3. The molecule has 34 heavy (non-hydrogen) atoms. The molecule has 0 aromatic heterocycles. The van der Waals surface area contributed by atoms with Gasteiger partial charge in [0.2, 0.25) is 5.91 Å². The van der Waals surface area contributed by atoms with E-state index in [2.05, 4.69) is 34.6 Å². The zero-order chi connectivity index (χ0) is 23.9. The molecule has 0 spiro atoms. The van der Waals surface area contributed by atoms with Gasteiger partial charge >= 0.3 is 0 Å². The van der Waals surface area contributed by atoms with Crippen LogP contribution in [-0.2, 0) is 4.79 Å². The highest BCUT2D eigenvalue weighted by molar-refractivity contribution is 6.00. The number of anilines is 1. The summed E-state index contributed by atoms with van der Waals surface area (Å²) in [5.74, 6) is 1.28. The van der Waals surface area contributed by atoms with Gasteiger partial charge in [0, 0.05) is 19.3 Å². The van der Waals surface area contributed by atoms with Crippen molar-refractivity contribution in [2.24, 2.45) is 28.3 Å². The van der Waals surface area contributed by atoms with Gasteiger partial charge in [0.25, 0.3) is 0 Å². The van der Waals surface area contributed by atoms with Crippen molar-refractivity contribution in [2.45, 2.75) is 31.7 Å². The Balaban J connectivity index is 1.52. The Morgan fingerprint density at radius 3 is 2.32 bits per heavy atom. The van der Waals surface area contributed by atoms with Crippen LogP contribution in [0, 0.1) is 11.8 Å². The topological polar surface area (TPSA) is 96.7 Å². The van der Waals surface area contributed by atoms with E-state index in [0.717, 1.165) is 54.3 Å². The summed E-state index contributed by atoms with van der Waals surface area (Å²) in [6, 6.07) is 23.9. The minimum Gasteiger partial charge on any atom is -0.370 e. The Hall–Kier alpha value is -3.38. The van der Waals surface area contributed by atoms with Crippen molar-refractivity contribution >= 4 is 28.3 Å². The number of nitrogens with two attached hydrogens (primary N) is 2. The smallest absolute Gasteiger partial charge is 0.248 e. The molecule has 5 N–H and O–H groups in total. The molecule has 1 aliphatic rings. The molecule has 6 heteroatoms. The average Bonchev–Trinajstić information content (AvgIpc) is 2.88. The third-order valence-corrected chi connectivity index (χ3v) is 6.96. The van der Waals surface area contributed by atoms with Gasteiger partial charge < -0.3 is 21.7 Å². The van der Waals surface area contributed by atoms with E-state index < -0.39 is 6.04 Å². The number of para-hydroxylation sites is 1. The maximum atomic E-state index is 13.8. The molecule has 3 aromatic rings. The van der Waals surface area contributed by atoms with Crippen LogP contribution in [0.5, 0.6) is 0 Å². The van der Waals surface area contributed by atoms with E-state index in [0.29, 0.717) is 18.4 Å². The van der Waals surface area contributed by atoms with E-state index in [4.69, 9.17) is 11.5 Å². The van der Waals surface area contributed by atoms with Gasteiger partial charge in [-0.1, -0.05) is 60.7 Å². The molecule has 1 unspecified atom stereocenters. The average molecular weight is 458 g/mol. The van der Waals surface area contributed by atoms with Gasteiger partial charge in [0.1, 0.15) is 6.04 Å². The molecule has 6 nitrogen and oxygen atoms in total. The Labute approximate surface area is 202 Å². The lowest BCUT2D eigenvalue weighted by Crippen LogP contribution is -2.41. The molecule has 4 rings (SSSR count). The third-order valence-electron chi connectivity index (χ3n) is 6.96. The highest BCUT2D eigenvalue weighted by atomic mass is 16.2. The van der Waals surface area contributed by atoms with Gasteiger partial charge in [-0.3, -0.25) is 9.79 Å². The van der Waals surface area contributed by atoms with Crippen LogP contribution in [-0.4, -0.2) is 32.0 Å². The number of guanidine groups is 1. The number of hydrogen-bond acceptors (Lipinski definition) is 3. The number of amides is 1. The Bertz CT molecular complexity index is 1110. The standard InChI is InChI=1S/C28H35N5O/c1-33(23-10-3-2-4-11-23)27(34)26(25-13-7-9-22-8-5-6-12-24(22)25)31-18-20-14-16-21(17-15-20)19-32-28(29)30/h2-13,20-21,26,31H,14-19H2,1H3,(H4,29,30,32). The first-order valence-corrected chi connectivity index (χ1v) is 12.1. The molecule has 1 aliphatic carbocycles. The van der Waals surface area contributed by atoms with Crippen molar-refractivity contribution in [3.63, 3.8) is 0 Å². The second kappa shape index (κ2) is 11.2. The Morgan fingerprint density at radius 1 is 0.941 bits per heavy atom. The number of fused-ring (bicyclic) bond motifs is 1. The molecule has 0 heterocycles. The summed E-state index contributed by atoms with van der Waals surface area (Å²) in [7, 11) is 1.85. The van der Waals surface area contributed by atoms with Crippen LogP contribution in [0.15, 0.2) is 77.8 Å². The van der Waals surface area contributed by atoms with E-state index in [9.17, 15) is 4.79 Å². The highest BCUT2D eigenvalue weighted by Gasteiger charge is 2.28. The first-order valence-electron chi connectivity index (χ1n) is 12.1. The van der Waals surface area contributed by atoms with Crippen molar-refractivity contribution in [3.8, 4) is 0 Å². The monoisotopic (exact) mass is 457 g/mol. The lowest BCUT2D eigenvalue weighted by atomic mass is 9.82. The van der Waals surface area contributed by atoms with Crippen molar-refractivity contribution in [2.75, 3.05) is 25.0 Å². The van der Waals surface area contributed by atoms with E-state index in [1.807, 2.05) is 55.6 Å². The Morgan fingerprint density at radius 2 is 1.59 bits per heavy atom. The van der Waals surface area contributed by atoms with Crippen LogP contribution in [0.4, 0.5) is 5.69 Å². The van der Waals surface area contributed by atoms with Crippen LogP contribution in [0.1, 0.15) is 37.3 Å². The number of rotatable bonds is 8. The summed E-state index contributed by atoms with van der Waals surface area (Å²) in [6.07, 6.45) is 4.45. The molecule has 3 aromatic carbocycles. The largest absolute Gasteiger partial charge is 0.370 e. The number of carbonyl (C=O) groups excluding carboxylic acids is 1. The quantitative estimate of drug-likeness (QED) is 0.349. The van der Waals surface area contributed by atoms with Gasteiger partial charge in [0.05, 0.1) is 0 Å². The highest BCUT2D eigenvalue weighted by Crippen LogP contribution is 2.31. The number of nitrogens with zero attached hydrogens (tertiary/aromatic N) is 2. The summed E-state index contributed by atoms with van der Waals surface area (Å²) < 4.78 is 0. The minimum atomic E-state index is -0.421. The summed E-state index contributed by atoms with van der Waals surface area (Å²) in [6.45, 7) is 1.51. The predicted octanol–water partition coefficient (Wildman–Crippen LogP) is 4.21. The number of benzene rings is 3. The van der Waals surface area contributed by atoms with Crippen molar-refractivity contribution < 1.29 is 4.79 Å². The van der Waals surface area contributed by atoms with Crippen molar-refractivity contribution in [1.82, 2.24) is 5.32 Å². The number of carbonyl (C=O) groups is 1. The summed E-state index contributed by atoms with van der Waals surface area (Å²) >= 11 is 0. The summed E-state index contributed by atoms with van der Waals surface area (Å²) in [5.41, 5.74) is 12.9. The molecule has 0 radical (unpaired) electrons. The van der Waals surface area contributed by atoms with Crippen molar-refractivity contribution in [1.29, 1.82) is 0 Å². The van der Waals surface area contributed by atoms with Gasteiger partial charge in [-0.05, 0) is 72.5 Å². The van der Waals surface area contributed by atoms with E-state index >= 15 is 0 Å². The fraction of sp³-hybridized carbons (Fsp3) is 0.357. The fourth-order valence-corrected chi connectivity index (χ4v) is 4.94. The summed E-state index contributed by atoms with van der Waals surface area (Å²) in [5, 5.41) is 5.91. The molecule has 178 valence electrons. The van der Waals surface area contributed by atoms with E-state index in [1.54, 1.807) is 4.90 Å².